The van der Waals surface area contributed by atoms with E-state index < -0.39 is 0 Å². The van der Waals surface area contributed by atoms with Crippen molar-refractivity contribution >= 4 is 11.6 Å². The smallest absolute Gasteiger partial charge is 0.160 e. The normalized spacial score (nSPS) is 16.5. The highest BCUT2D eigenvalue weighted by Gasteiger charge is 2.26. The van der Waals surface area contributed by atoms with Crippen LogP contribution in [0.15, 0.2) is 18.2 Å². The van der Waals surface area contributed by atoms with E-state index in [2.05, 4.69) is 58.4 Å². The first-order valence-electron chi connectivity index (χ1n) is 8.06. The van der Waals surface area contributed by atoms with Crippen molar-refractivity contribution in [2.24, 2.45) is 0 Å². The van der Waals surface area contributed by atoms with Crippen LogP contribution in [0.1, 0.15) is 23.6 Å². The molecule has 1 atom stereocenters. The van der Waals surface area contributed by atoms with Crippen LogP contribution in [-0.4, -0.2) is 50.0 Å². The maximum atomic E-state index is 4.56. The highest BCUT2D eigenvalue weighted by molar-refractivity contribution is 5.86. The summed E-state index contributed by atoms with van der Waals surface area (Å²) < 4.78 is 0. The lowest BCUT2D eigenvalue weighted by atomic mass is 9.99. The highest BCUT2D eigenvalue weighted by Crippen LogP contribution is 2.40. The second-order valence-corrected chi connectivity index (χ2v) is 6.14. The summed E-state index contributed by atoms with van der Waals surface area (Å²) in [5.41, 5.74) is 8.27. The fourth-order valence-electron chi connectivity index (χ4n) is 3.53. The van der Waals surface area contributed by atoms with Crippen LogP contribution in [0.3, 0.4) is 0 Å². The average molecular weight is 314 g/mol. The zero-order chi connectivity index (χ0) is 16.6. The van der Waals surface area contributed by atoms with Gasteiger partial charge in [-0.05, 0) is 49.7 Å². The van der Waals surface area contributed by atoms with Crippen molar-refractivity contribution in [3.8, 4) is 11.1 Å². The molecule has 6 nitrogen and oxygen atoms in total. The molecule has 0 fully saturated rings. The molecule has 0 amide bonds. The molecule has 1 heterocycles. The van der Waals surface area contributed by atoms with Gasteiger partial charge in [0.25, 0.3) is 0 Å². The molecule has 1 aromatic heterocycles. The number of anilines is 2. The Kier molecular flexibility index (Phi) is 4.17. The molecule has 2 aromatic rings. The molecule has 0 aliphatic heterocycles. The van der Waals surface area contributed by atoms with Crippen molar-refractivity contribution in [1.82, 2.24) is 14.8 Å². The Morgan fingerprint density at radius 1 is 1.17 bits per heavy atom. The van der Waals surface area contributed by atoms with Gasteiger partial charge in [0.1, 0.15) is 0 Å². The number of aromatic nitrogens is 2. The predicted octanol–water partition coefficient (Wildman–Crippen LogP) is 2.36. The summed E-state index contributed by atoms with van der Waals surface area (Å²) in [7, 11) is 10.00. The Morgan fingerprint density at radius 2 is 1.96 bits per heavy atom. The number of nitrogens with one attached hydrogen (secondary N) is 3. The van der Waals surface area contributed by atoms with Gasteiger partial charge in [-0.1, -0.05) is 12.1 Å². The van der Waals surface area contributed by atoms with E-state index in [1.54, 1.807) is 4.79 Å². The Labute approximate surface area is 137 Å². The van der Waals surface area contributed by atoms with Crippen LogP contribution in [-0.2, 0) is 6.42 Å². The first-order chi connectivity index (χ1) is 11.1. The molecule has 0 spiro atoms. The Morgan fingerprint density at radius 3 is 2.57 bits per heavy atom. The fourth-order valence-corrected chi connectivity index (χ4v) is 3.53. The van der Waals surface area contributed by atoms with E-state index in [1.165, 1.54) is 23.1 Å². The topological polar surface area (TPSA) is 57.2 Å². The molecule has 3 rings (SSSR count). The second kappa shape index (κ2) is 6.12. The van der Waals surface area contributed by atoms with E-state index >= 15 is 0 Å². The van der Waals surface area contributed by atoms with E-state index in [4.69, 9.17) is 0 Å². The van der Waals surface area contributed by atoms with Gasteiger partial charge >= 0.3 is 0 Å². The molecule has 0 unspecified atom stereocenters. The van der Waals surface area contributed by atoms with E-state index in [0.29, 0.717) is 6.04 Å². The fraction of sp³-hybridized carbons (Fsp3) is 0.471. The van der Waals surface area contributed by atoms with Crippen molar-refractivity contribution in [2.75, 3.05) is 51.3 Å². The summed E-state index contributed by atoms with van der Waals surface area (Å²) in [6.07, 6.45) is 2.35. The number of nitrogens with zero attached hydrogens (tertiary/aromatic N) is 3. The monoisotopic (exact) mass is 314 g/mol. The first kappa shape index (κ1) is 15.7. The van der Waals surface area contributed by atoms with Gasteiger partial charge in [-0.15, -0.1) is 5.10 Å². The number of hydrogen-bond acceptors (Lipinski definition) is 5. The van der Waals surface area contributed by atoms with Gasteiger partial charge in [-0.25, -0.2) is 0 Å². The van der Waals surface area contributed by atoms with Crippen molar-refractivity contribution in [3.05, 3.63) is 29.3 Å². The maximum Gasteiger partial charge on any atom is 0.160 e. The molecule has 6 heteroatoms. The SMILES string of the molecule is CNc1nn(NC)c(NC)c1-c1ccc2c(c1)[C@H](N(C)C)CC2. The van der Waals surface area contributed by atoms with Crippen molar-refractivity contribution in [2.45, 2.75) is 18.9 Å². The van der Waals surface area contributed by atoms with Crippen molar-refractivity contribution in [3.63, 3.8) is 0 Å². The lowest BCUT2D eigenvalue weighted by Gasteiger charge is -2.20. The Hall–Kier alpha value is -2.21. The molecule has 1 aromatic carbocycles. The third kappa shape index (κ3) is 2.53. The predicted molar refractivity (Wildman–Crippen MR) is 96.8 cm³/mol. The average Bonchev–Trinajstić information content (AvgIpc) is 3.14. The minimum Gasteiger partial charge on any atom is -0.371 e. The molecule has 0 radical (unpaired) electrons. The summed E-state index contributed by atoms with van der Waals surface area (Å²) in [6.45, 7) is 0. The lowest BCUT2D eigenvalue weighted by Crippen LogP contribution is -2.17. The molecule has 0 saturated carbocycles. The van der Waals surface area contributed by atoms with E-state index in [-0.39, 0.29) is 0 Å². The van der Waals surface area contributed by atoms with Crippen LogP contribution >= 0.6 is 0 Å². The van der Waals surface area contributed by atoms with Gasteiger partial charge in [0.15, 0.2) is 11.6 Å². The molecule has 3 N–H and O–H groups in total. The molecule has 0 bridgehead atoms. The van der Waals surface area contributed by atoms with Gasteiger partial charge < -0.3 is 21.0 Å². The zero-order valence-electron chi connectivity index (χ0n) is 14.6. The van der Waals surface area contributed by atoms with Gasteiger partial charge in [0.2, 0.25) is 0 Å². The largest absolute Gasteiger partial charge is 0.371 e. The van der Waals surface area contributed by atoms with E-state index in [9.17, 15) is 0 Å². The van der Waals surface area contributed by atoms with E-state index in [0.717, 1.165) is 23.6 Å². The standard InChI is InChI=1S/C17H26N6/c1-18-16-15(17(19-2)23(20-3)21-16)12-7-6-11-8-9-14(22(4)5)13(11)10-12/h6-7,10,14,19-20H,8-9H2,1-5H3,(H,18,21)/t14-/m1/s1. The number of aryl methyl sites for hydroxylation is 1. The lowest BCUT2D eigenvalue weighted by molar-refractivity contribution is 0.299. The molecule has 23 heavy (non-hydrogen) atoms. The number of hydrogen-bond donors (Lipinski definition) is 3. The Balaban J connectivity index is 2.13. The first-order valence-corrected chi connectivity index (χ1v) is 8.06. The second-order valence-electron chi connectivity index (χ2n) is 6.14. The molecular weight excluding hydrogens is 288 g/mol. The van der Waals surface area contributed by atoms with Crippen LogP contribution in [0.2, 0.25) is 0 Å². The molecule has 124 valence electrons. The quantitative estimate of drug-likeness (QED) is 0.791. The van der Waals surface area contributed by atoms with Gasteiger partial charge in [-0.3, -0.25) is 0 Å². The number of benzene rings is 1. The molecule has 1 aliphatic rings. The van der Waals surface area contributed by atoms with Gasteiger partial charge in [0, 0.05) is 27.2 Å². The molecular formula is C17H26N6. The summed E-state index contributed by atoms with van der Waals surface area (Å²) >= 11 is 0. The van der Waals surface area contributed by atoms with Crippen LogP contribution < -0.4 is 16.1 Å². The van der Waals surface area contributed by atoms with Gasteiger partial charge in [0.05, 0.1) is 5.56 Å². The highest BCUT2D eigenvalue weighted by atomic mass is 15.6. The van der Waals surface area contributed by atoms with Crippen LogP contribution in [0, 0.1) is 0 Å². The zero-order valence-corrected chi connectivity index (χ0v) is 14.6. The maximum absolute atomic E-state index is 4.56. The minimum atomic E-state index is 0.500. The van der Waals surface area contributed by atoms with Crippen LogP contribution in [0.25, 0.3) is 11.1 Å². The number of rotatable bonds is 5. The van der Waals surface area contributed by atoms with Crippen LogP contribution in [0.5, 0.6) is 0 Å². The summed E-state index contributed by atoms with van der Waals surface area (Å²) in [4.78, 5) is 4.07. The number of fused-ring (bicyclic) bond motifs is 1. The Bertz CT molecular complexity index is 703. The summed E-state index contributed by atoms with van der Waals surface area (Å²) in [5.74, 6) is 1.82. The van der Waals surface area contributed by atoms with Crippen LogP contribution in [0.4, 0.5) is 11.6 Å². The summed E-state index contributed by atoms with van der Waals surface area (Å²) in [5, 5.41) is 11.0. The van der Waals surface area contributed by atoms with E-state index in [1.807, 2.05) is 21.1 Å². The van der Waals surface area contributed by atoms with Crippen molar-refractivity contribution in [1.29, 1.82) is 0 Å². The van der Waals surface area contributed by atoms with Crippen molar-refractivity contribution < 1.29 is 0 Å². The summed E-state index contributed by atoms with van der Waals surface area (Å²) in [6, 6.07) is 7.30. The molecule has 0 saturated heterocycles. The van der Waals surface area contributed by atoms with Gasteiger partial charge in [-0.2, -0.15) is 4.79 Å². The third-order valence-corrected chi connectivity index (χ3v) is 4.67. The third-order valence-electron chi connectivity index (χ3n) is 4.67. The minimum absolute atomic E-state index is 0.500. The molecule has 1 aliphatic carbocycles.